The molecule has 1 rings (SSSR count). The Kier molecular flexibility index (Phi) is 1.04. The molecule has 0 radical (unpaired) electrons. The van der Waals surface area contributed by atoms with Crippen molar-refractivity contribution in [3.05, 3.63) is 18.5 Å². The molecule has 3 heteroatoms. The lowest BCUT2D eigenvalue weighted by Crippen LogP contribution is -1.79. The van der Waals surface area contributed by atoms with Crippen molar-refractivity contribution >= 4 is 12.1 Å². The van der Waals surface area contributed by atoms with Gasteiger partial charge in [-0.15, -0.1) is 0 Å². The van der Waals surface area contributed by atoms with Crippen LogP contribution >= 0.6 is 0 Å². The van der Waals surface area contributed by atoms with Gasteiger partial charge >= 0.3 is 0 Å². The normalized spacial score (nSPS) is 9.00. The minimum Gasteiger partial charge on any atom is -0.424 e. The standard InChI is InChI=1S/C5H6N2O/c1-2-4-3-7-5(6)8-4/h2-3H,1H2,(H2,6,7). The zero-order chi connectivity index (χ0) is 5.98. The molecule has 0 spiro atoms. The van der Waals surface area contributed by atoms with Crippen LogP contribution < -0.4 is 5.73 Å². The molecule has 0 aromatic carbocycles. The molecule has 1 aromatic rings. The van der Waals surface area contributed by atoms with Gasteiger partial charge < -0.3 is 10.2 Å². The lowest BCUT2D eigenvalue weighted by atomic mass is 10.5. The second-order valence-corrected chi connectivity index (χ2v) is 1.30. The molecule has 2 N–H and O–H groups in total. The first-order chi connectivity index (χ1) is 3.83. The Morgan fingerprint density at radius 1 is 1.88 bits per heavy atom. The number of anilines is 1. The van der Waals surface area contributed by atoms with Gasteiger partial charge in [0.05, 0.1) is 6.20 Å². The minimum atomic E-state index is 0.180. The number of hydrogen-bond donors (Lipinski definition) is 1. The average molecular weight is 110 g/mol. The largest absolute Gasteiger partial charge is 0.424 e. The third-order valence-electron chi connectivity index (χ3n) is 0.743. The molecule has 0 aliphatic heterocycles. The monoisotopic (exact) mass is 110 g/mol. The molecule has 0 amide bonds. The summed E-state index contributed by atoms with van der Waals surface area (Å²) in [6, 6.07) is 0.180. The summed E-state index contributed by atoms with van der Waals surface area (Å²) < 4.78 is 4.78. The highest BCUT2D eigenvalue weighted by Gasteiger charge is 1.90. The van der Waals surface area contributed by atoms with E-state index < -0.39 is 0 Å². The zero-order valence-corrected chi connectivity index (χ0v) is 4.29. The van der Waals surface area contributed by atoms with Crippen LogP contribution in [0.1, 0.15) is 5.76 Å². The van der Waals surface area contributed by atoms with Crippen molar-refractivity contribution in [3.63, 3.8) is 0 Å². The number of nitrogens with zero attached hydrogens (tertiary/aromatic N) is 1. The van der Waals surface area contributed by atoms with Gasteiger partial charge in [0, 0.05) is 0 Å². The van der Waals surface area contributed by atoms with Crippen molar-refractivity contribution in [2.75, 3.05) is 5.73 Å². The van der Waals surface area contributed by atoms with E-state index in [9.17, 15) is 0 Å². The third kappa shape index (κ3) is 0.703. The van der Waals surface area contributed by atoms with Gasteiger partial charge in [-0.05, 0) is 6.08 Å². The fourth-order valence-corrected chi connectivity index (χ4v) is 0.395. The number of hydrogen-bond acceptors (Lipinski definition) is 3. The molecule has 0 aliphatic carbocycles. The first kappa shape index (κ1) is 4.90. The number of rotatable bonds is 1. The second kappa shape index (κ2) is 1.69. The van der Waals surface area contributed by atoms with E-state index >= 15 is 0 Å². The Hall–Kier alpha value is -1.25. The topological polar surface area (TPSA) is 52.0 Å². The summed E-state index contributed by atoms with van der Waals surface area (Å²) in [5, 5.41) is 0. The van der Waals surface area contributed by atoms with Gasteiger partial charge in [0.2, 0.25) is 0 Å². The van der Waals surface area contributed by atoms with E-state index in [0.29, 0.717) is 5.76 Å². The van der Waals surface area contributed by atoms with E-state index in [0.717, 1.165) is 0 Å². The van der Waals surface area contributed by atoms with Crippen molar-refractivity contribution < 1.29 is 4.42 Å². The Morgan fingerprint density at radius 3 is 2.88 bits per heavy atom. The molecule has 0 atom stereocenters. The Bertz CT molecular complexity index is 192. The smallest absolute Gasteiger partial charge is 0.292 e. The summed E-state index contributed by atoms with van der Waals surface area (Å²) in [7, 11) is 0. The van der Waals surface area contributed by atoms with Crippen molar-refractivity contribution in [1.82, 2.24) is 4.98 Å². The van der Waals surface area contributed by atoms with Crippen LogP contribution in [0.25, 0.3) is 6.08 Å². The van der Waals surface area contributed by atoms with Crippen molar-refractivity contribution in [2.24, 2.45) is 0 Å². The van der Waals surface area contributed by atoms with E-state index in [4.69, 9.17) is 10.2 Å². The summed E-state index contributed by atoms with van der Waals surface area (Å²) in [5.74, 6) is 0.600. The average Bonchev–Trinajstić information content (AvgIpc) is 2.14. The van der Waals surface area contributed by atoms with Crippen LogP contribution in [-0.4, -0.2) is 4.98 Å². The van der Waals surface area contributed by atoms with Gasteiger partial charge in [-0.1, -0.05) is 6.58 Å². The molecule has 42 valence electrons. The molecule has 3 nitrogen and oxygen atoms in total. The van der Waals surface area contributed by atoms with Crippen LogP contribution in [0.5, 0.6) is 0 Å². The Balaban J connectivity index is 3.00. The molecule has 8 heavy (non-hydrogen) atoms. The molecular formula is C5H6N2O. The zero-order valence-electron chi connectivity index (χ0n) is 4.29. The van der Waals surface area contributed by atoms with E-state index in [1.54, 1.807) is 6.08 Å². The van der Waals surface area contributed by atoms with Gasteiger partial charge in [-0.25, -0.2) is 4.98 Å². The summed E-state index contributed by atoms with van der Waals surface area (Å²) >= 11 is 0. The van der Waals surface area contributed by atoms with E-state index in [2.05, 4.69) is 11.6 Å². The molecule has 1 aromatic heterocycles. The van der Waals surface area contributed by atoms with Crippen molar-refractivity contribution in [3.8, 4) is 0 Å². The van der Waals surface area contributed by atoms with Crippen LogP contribution in [0, 0.1) is 0 Å². The predicted molar refractivity (Wildman–Crippen MR) is 31.0 cm³/mol. The highest BCUT2D eigenvalue weighted by atomic mass is 16.4. The number of aromatic nitrogens is 1. The second-order valence-electron chi connectivity index (χ2n) is 1.30. The number of nitrogen functional groups attached to an aromatic ring is 1. The van der Waals surface area contributed by atoms with Crippen LogP contribution in [0.4, 0.5) is 6.01 Å². The van der Waals surface area contributed by atoms with Gasteiger partial charge in [0.1, 0.15) is 5.76 Å². The quantitative estimate of drug-likeness (QED) is 0.584. The Labute approximate surface area is 46.8 Å². The van der Waals surface area contributed by atoms with Crippen molar-refractivity contribution in [1.29, 1.82) is 0 Å². The van der Waals surface area contributed by atoms with E-state index in [-0.39, 0.29) is 6.01 Å². The van der Waals surface area contributed by atoms with E-state index in [1.165, 1.54) is 6.20 Å². The number of nitrogens with two attached hydrogens (primary N) is 1. The van der Waals surface area contributed by atoms with E-state index in [1.807, 2.05) is 0 Å². The first-order valence-electron chi connectivity index (χ1n) is 2.16. The van der Waals surface area contributed by atoms with Crippen LogP contribution in [0.2, 0.25) is 0 Å². The SMILES string of the molecule is C=Cc1cnc(N)o1. The lowest BCUT2D eigenvalue weighted by Gasteiger charge is -1.75. The fourth-order valence-electron chi connectivity index (χ4n) is 0.395. The van der Waals surface area contributed by atoms with Crippen LogP contribution in [0.15, 0.2) is 17.2 Å². The van der Waals surface area contributed by atoms with Crippen LogP contribution in [-0.2, 0) is 0 Å². The van der Waals surface area contributed by atoms with Crippen molar-refractivity contribution in [2.45, 2.75) is 0 Å². The predicted octanol–water partition coefficient (Wildman–Crippen LogP) is 0.900. The van der Waals surface area contributed by atoms with Gasteiger partial charge in [0.15, 0.2) is 0 Å². The maximum atomic E-state index is 5.13. The molecule has 0 saturated heterocycles. The minimum absolute atomic E-state index is 0.180. The maximum Gasteiger partial charge on any atom is 0.292 e. The summed E-state index contributed by atoms with van der Waals surface area (Å²) in [6.07, 6.45) is 3.06. The highest BCUT2D eigenvalue weighted by Crippen LogP contribution is 2.03. The van der Waals surface area contributed by atoms with Gasteiger partial charge in [0.25, 0.3) is 6.01 Å². The summed E-state index contributed by atoms with van der Waals surface area (Å²) in [6.45, 7) is 3.45. The molecule has 0 aliphatic rings. The third-order valence-corrected chi connectivity index (χ3v) is 0.743. The maximum absolute atomic E-state index is 5.13. The van der Waals surface area contributed by atoms with Gasteiger partial charge in [-0.3, -0.25) is 0 Å². The summed E-state index contributed by atoms with van der Waals surface area (Å²) in [5.41, 5.74) is 5.13. The Morgan fingerprint density at radius 2 is 2.62 bits per heavy atom. The molecule has 0 saturated carbocycles. The number of oxazole rings is 1. The molecule has 0 fully saturated rings. The summed E-state index contributed by atoms with van der Waals surface area (Å²) in [4.78, 5) is 3.63. The molecule has 0 unspecified atom stereocenters. The lowest BCUT2D eigenvalue weighted by molar-refractivity contribution is 0.570. The van der Waals surface area contributed by atoms with Gasteiger partial charge in [-0.2, -0.15) is 0 Å². The fraction of sp³-hybridized carbons (Fsp3) is 0. The first-order valence-corrected chi connectivity index (χ1v) is 2.16. The molecular weight excluding hydrogens is 104 g/mol. The molecule has 0 bridgehead atoms. The highest BCUT2D eigenvalue weighted by molar-refractivity contribution is 5.38. The molecule has 1 heterocycles. The van der Waals surface area contributed by atoms with Crippen LogP contribution in [0.3, 0.4) is 0 Å².